The number of carbonyl (C=O) groups excluding carboxylic acids is 2. The zero-order valence-corrected chi connectivity index (χ0v) is 22.4. The van der Waals surface area contributed by atoms with Gasteiger partial charge in [-0.15, -0.1) is 6.58 Å². The van der Waals surface area contributed by atoms with E-state index >= 15 is 0 Å². The van der Waals surface area contributed by atoms with Crippen LogP contribution in [0, 0.1) is 5.92 Å². The van der Waals surface area contributed by atoms with Crippen molar-refractivity contribution in [3.8, 4) is 0 Å². The highest BCUT2D eigenvalue weighted by atomic mass is 16.8. The molecule has 1 unspecified atom stereocenters. The topological polar surface area (TPSA) is 217 Å². The molecule has 0 amide bonds. The molecule has 3 aliphatic heterocycles. The molecule has 0 aromatic heterocycles. The highest BCUT2D eigenvalue weighted by Crippen LogP contribution is 2.35. The molecule has 14 heteroatoms. The minimum Gasteiger partial charge on any atom is -0.545 e. The van der Waals surface area contributed by atoms with Gasteiger partial charge in [0, 0.05) is 17.6 Å². The van der Waals surface area contributed by atoms with E-state index in [1.54, 1.807) is 12.3 Å². The van der Waals surface area contributed by atoms with Gasteiger partial charge in [-0.05, 0) is 18.1 Å². The van der Waals surface area contributed by atoms with Gasteiger partial charge in [0.05, 0.1) is 50.3 Å². The third-order valence-electron chi connectivity index (χ3n) is 6.93. The summed E-state index contributed by atoms with van der Waals surface area (Å²) in [5, 5.41) is 60.5. The number of hydrogen-bond acceptors (Lipinski definition) is 12. The van der Waals surface area contributed by atoms with Gasteiger partial charge in [0.15, 0.2) is 6.29 Å². The number of allylic oxidation sites excluding steroid dienone is 3. The SMILES string of the molecule is C=C[C@@H]1/C(=C\CC2=C[NH+](CCCC(=O)O)CC(C(=O)[O-])=C2)C(C(=O)OC)=CO[C@H]1O[C@@H]1O[C@H](CO)[C@@H](O)[C@H](O)[C@H]1O. The van der Waals surface area contributed by atoms with Crippen LogP contribution in [-0.2, 0) is 33.3 Å². The smallest absolute Gasteiger partial charge is 0.341 e. The van der Waals surface area contributed by atoms with E-state index in [9.17, 15) is 39.9 Å². The summed E-state index contributed by atoms with van der Waals surface area (Å²) in [6.45, 7) is 3.62. The first kappa shape index (κ1) is 32.1. The molecule has 0 aliphatic carbocycles. The lowest BCUT2D eigenvalue weighted by atomic mass is 9.88. The average Bonchev–Trinajstić information content (AvgIpc) is 2.95. The van der Waals surface area contributed by atoms with Crippen molar-refractivity contribution in [3.05, 3.63) is 59.6 Å². The molecule has 0 bridgehead atoms. The molecule has 0 radical (unpaired) electrons. The number of ether oxygens (including phenoxy) is 4. The van der Waals surface area contributed by atoms with Gasteiger partial charge in [0.2, 0.25) is 6.29 Å². The first-order valence-electron chi connectivity index (χ1n) is 12.9. The second-order valence-electron chi connectivity index (χ2n) is 9.74. The van der Waals surface area contributed by atoms with E-state index < -0.39 is 67.4 Å². The normalized spacial score (nSPS) is 32.7. The highest BCUT2D eigenvalue weighted by Gasteiger charge is 2.46. The van der Waals surface area contributed by atoms with Crippen molar-refractivity contribution in [3.63, 3.8) is 0 Å². The molecule has 8 atom stereocenters. The van der Waals surface area contributed by atoms with Gasteiger partial charge in [-0.25, -0.2) is 4.79 Å². The van der Waals surface area contributed by atoms with Crippen LogP contribution >= 0.6 is 0 Å². The lowest BCUT2D eigenvalue weighted by Crippen LogP contribution is -3.08. The number of hydrogen-bond donors (Lipinski definition) is 6. The largest absolute Gasteiger partial charge is 0.545 e. The third-order valence-corrected chi connectivity index (χ3v) is 6.93. The number of aliphatic hydroxyl groups is 4. The summed E-state index contributed by atoms with van der Waals surface area (Å²) in [6.07, 6.45) is -1.17. The Hall–Kier alpha value is -3.37. The summed E-state index contributed by atoms with van der Waals surface area (Å²) in [6, 6.07) is 0. The number of aliphatic hydroxyl groups excluding tert-OH is 4. The zero-order chi connectivity index (χ0) is 30.3. The van der Waals surface area contributed by atoms with E-state index in [-0.39, 0.29) is 30.5 Å². The van der Waals surface area contributed by atoms with Crippen LogP contribution in [0.15, 0.2) is 59.6 Å². The molecule has 1 saturated heterocycles. The fraction of sp³-hybridized carbons (Fsp3) is 0.519. The predicted octanol–water partition coefficient (Wildman–Crippen LogP) is -3.34. The average molecular weight is 582 g/mol. The van der Waals surface area contributed by atoms with Crippen LogP contribution in [0.2, 0.25) is 0 Å². The standard InChI is InChI=1S/C27H35NO13/c1-3-16-17(7-6-14-9-15(24(35)36)11-28(10-14)8-4-5-20(30)31)18(25(37)38-2)13-39-26(16)41-27-23(34)22(33)21(32)19(12-29)40-27/h3,7,9-10,13,16,19,21-23,26-27,29,32-34H,1,4-6,8,11-12H2,2H3,(H,30,31)(H,35,36)/b17-7+/t16-,19-,21-,22+,23-,26+,27+/m1/s1. The summed E-state index contributed by atoms with van der Waals surface area (Å²) in [5.74, 6) is -3.89. The quantitative estimate of drug-likeness (QED) is 0.0983. The predicted molar refractivity (Wildman–Crippen MR) is 135 cm³/mol. The van der Waals surface area contributed by atoms with Crippen molar-refractivity contribution >= 4 is 17.9 Å². The van der Waals surface area contributed by atoms with Crippen molar-refractivity contribution in [1.82, 2.24) is 0 Å². The fourth-order valence-corrected chi connectivity index (χ4v) is 4.78. The number of aliphatic carboxylic acids is 2. The van der Waals surface area contributed by atoms with Crippen LogP contribution < -0.4 is 10.0 Å². The third kappa shape index (κ3) is 7.89. The zero-order valence-electron chi connectivity index (χ0n) is 22.4. The number of esters is 1. The maximum absolute atomic E-state index is 12.6. The number of carboxylic acids is 2. The summed E-state index contributed by atoms with van der Waals surface area (Å²) < 4.78 is 21.6. The maximum Gasteiger partial charge on any atom is 0.341 e. The Morgan fingerprint density at radius 1 is 1.20 bits per heavy atom. The Bertz CT molecular complexity index is 1120. The Balaban J connectivity index is 1.88. The van der Waals surface area contributed by atoms with E-state index in [1.165, 1.54) is 19.3 Å². The second-order valence-corrected chi connectivity index (χ2v) is 9.74. The molecule has 41 heavy (non-hydrogen) atoms. The second kappa shape index (κ2) is 14.5. The number of carbonyl (C=O) groups is 3. The van der Waals surface area contributed by atoms with Gasteiger partial charge in [-0.3, -0.25) is 4.79 Å². The molecule has 3 aliphatic rings. The van der Waals surface area contributed by atoms with Crippen LogP contribution in [0.4, 0.5) is 0 Å². The fourth-order valence-electron chi connectivity index (χ4n) is 4.78. The summed E-state index contributed by atoms with van der Waals surface area (Å²) in [5.41, 5.74) is 0.969. The van der Waals surface area contributed by atoms with Crippen LogP contribution in [0.1, 0.15) is 19.3 Å². The van der Waals surface area contributed by atoms with Crippen LogP contribution in [0.3, 0.4) is 0 Å². The molecule has 1 fully saturated rings. The molecule has 226 valence electrons. The van der Waals surface area contributed by atoms with Gasteiger partial charge in [-0.2, -0.15) is 0 Å². The van der Waals surface area contributed by atoms with Crippen molar-refractivity contribution in [2.24, 2.45) is 5.92 Å². The first-order chi connectivity index (χ1) is 19.5. The monoisotopic (exact) mass is 581 g/mol. The Kier molecular flexibility index (Phi) is 11.4. The number of nitrogens with one attached hydrogen (secondary N) is 1. The Morgan fingerprint density at radius 3 is 2.54 bits per heavy atom. The van der Waals surface area contributed by atoms with Gasteiger partial charge in [0.1, 0.15) is 37.2 Å². The van der Waals surface area contributed by atoms with E-state index in [2.05, 4.69) is 6.58 Å². The molecule has 6 N–H and O–H groups in total. The van der Waals surface area contributed by atoms with E-state index in [4.69, 9.17) is 24.1 Å². The molecule has 3 rings (SSSR count). The number of quaternary nitrogens is 1. The minimum absolute atomic E-state index is 0.0252. The number of rotatable bonds is 12. The van der Waals surface area contributed by atoms with Gasteiger partial charge < -0.3 is 59.3 Å². The molecule has 14 nitrogen and oxygen atoms in total. The van der Waals surface area contributed by atoms with E-state index in [0.29, 0.717) is 24.1 Å². The highest BCUT2D eigenvalue weighted by molar-refractivity contribution is 5.93. The van der Waals surface area contributed by atoms with E-state index in [0.717, 1.165) is 11.2 Å². The van der Waals surface area contributed by atoms with E-state index in [1.807, 2.05) is 0 Å². The van der Waals surface area contributed by atoms with Gasteiger partial charge in [-0.1, -0.05) is 12.2 Å². The number of carboxylic acid groups (broad SMARTS) is 2. The molecule has 0 aromatic carbocycles. The molecule has 3 heterocycles. The minimum atomic E-state index is -1.70. The molecule has 0 saturated carbocycles. The van der Waals surface area contributed by atoms with Crippen molar-refractivity contribution in [2.75, 3.05) is 26.8 Å². The van der Waals surface area contributed by atoms with Crippen LogP contribution in [0.5, 0.6) is 0 Å². The lowest BCUT2D eigenvalue weighted by Gasteiger charge is -2.42. The van der Waals surface area contributed by atoms with Gasteiger partial charge >= 0.3 is 11.9 Å². The summed E-state index contributed by atoms with van der Waals surface area (Å²) in [4.78, 5) is 35.8. The lowest BCUT2D eigenvalue weighted by molar-refractivity contribution is -0.842. The molecule has 0 aromatic rings. The van der Waals surface area contributed by atoms with Crippen LogP contribution in [-0.4, -0.2) is 107 Å². The Labute approximate surface area is 235 Å². The summed E-state index contributed by atoms with van der Waals surface area (Å²) >= 11 is 0. The Morgan fingerprint density at radius 2 is 1.93 bits per heavy atom. The molecular weight excluding hydrogens is 546 g/mol. The van der Waals surface area contributed by atoms with Crippen molar-refractivity contribution in [1.29, 1.82) is 0 Å². The maximum atomic E-state index is 12.6. The first-order valence-corrected chi connectivity index (χ1v) is 12.9. The van der Waals surface area contributed by atoms with Crippen LogP contribution in [0.25, 0.3) is 0 Å². The molecule has 0 spiro atoms. The summed E-state index contributed by atoms with van der Waals surface area (Å²) in [7, 11) is 1.18. The van der Waals surface area contributed by atoms with Crippen molar-refractivity contribution < 1.29 is 68.9 Å². The number of methoxy groups -OCH3 is 1. The van der Waals surface area contributed by atoms with Crippen molar-refractivity contribution in [2.45, 2.75) is 56.3 Å². The van der Waals surface area contributed by atoms with Gasteiger partial charge in [0.25, 0.3) is 0 Å². The molecular formula is C27H35NO13.